The van der Waals surface area contributed by atoms with Crippen LogP contribution in [0.3, 0.4) is 0 Å². The fraction of sp³-hybridized carbons (Fsp3) is 0.429. The predicted octanol–water partition coefficient (Wildman–Crippen LogP) is 3.88. The number of benzene rings is 1. The minimum atomic E-state index is 0.233. The van der Waals surface area contributed by atoms with Crippen LogP contribution in [0.2, 0.25) is 0 Å². The van der Waals surface area contributed by atoms with Crippen LogP contribution in [-0.2, 0) is 11.2 Å². The lowest BCUT2D eigenvalue weighted by Crippen LogP contribution is -2.15. The average Bonchev–Trinajstić information content (AvgIpc) is 2.35. The van der Waals surface area contributed by atoms with Gasteiger partial charge in [-0.1, -0.05) is 36.4 Å². The maximum atomic E-state index is 5.80. The lowest BCUT2D eigenvalue weighted by atomic mass is 9.96. The summed E-state index contributed by atoms with van der Waals surface area (Å²) in [5.41, 5.74) is 2.79. The first-order valence-electron chi connectivity index (χ1n) is 5.82. The van der Waals surface area contributed by atoms with Gasteiger partial charge in [-0.05, 0) is 30.4 Å². The summed E-state index contributed by atoms with van der Waals surface area (Å²) in [6.07, 6.45) is 7.47. The molecule has 0 amide bonds. The molecular formula is C14H17ClO. The summed E-state index contributed by atoms with van der Waals surface area (Å²) in [6.45, 7) is 0.838. The molecular weight excluding hydrogens is 220 g/mol. The van der Waals surface area contributed by atoms with Crippen molar-refractivity contribution >= 4 is 11.6 Å². The quantitative estimate of drug-likeness (QED) is 0.570. The molecule has 0 spiro atoms. The Morgan fingerprint density at radius 1 is 1.31 bits per heavy atom. The van der Waals surface area contributed by atoms with Gasteiger partial charge in [-0.15, -0.1) is 11.6 Å². The molecule has 2 heteroatoms. The van der Waals surface area contributed by atoms with Gasteiger partial charge in [-0.25, -0.2) is 0 Å². The third kappa shape index (κ3) is 2.87. The molecule has 2 rings (SSSR count). The van der Waals surface area contributed by atoms with Gasteiger partial charge in [0.25, 0.3) is 0 Å². The van der Waals surface area contributed by atoms with Crippen molar-refractivity contribution in [3.05, 3.63) is 47.5 Å². The van der Waals surface area contributed by atoms with Crippen molar-refractivity contribution < 1.29 is 4.74 Å². The minimum Gasteiger partial charge on any atom is -0.373 e. The van der Waals surface area contributed by atoms with Crippen LogP contribution in [0.5, 0.6) is 0 Å². The van der Waals surface area contributed by atoms with E-state index >= 15 is 0 Å². The number of alkyl halides is 1. The highest BCUT2D eigenvalue weighted by molar-refractivity contribution is 6.17. The molecule has 0 radical (unpaired) electrons. The van der Waals surface area contributed by atoms with E-state index in [2.05, 4.69) is 36.4 Å². The predicted molar refractivity (Wildman–Crippen MR) is 67.9 cm³/mol. The highest BCUT2D eigenvalue weighted by Crippen LogP contribution is 2.29. The molecule has 0 saturated heterocycles. The van der Waals surface area contributed by atoms with Gasteiger partial charge in [-0.2, -0.15) is 0 Å². The largest absolute Gasteiger partial charge is 0.373 e. The molecule has 0 aliphatic carbocycles. The Labute approximate surface area is 102 Å². The molecule has 0 bridgehead atoms. The molecule has 1 nitrogen and oxygen atoms in total. The number of halogens is 1. The molecule has 1 atom stereocenters. The zero-order chi connectivity index (χ0) is 11.2. The maximum Gasteiger partial charge on any atom is 0.0862 e. The highest BCUT2D eigenvalue weighted by atomic mass is 35.5. The SMILES string of the molecule is ClCCC=CCC1OCCc2ccccc21. The second kappa shape index (κ2) is 6.07. The van der Waals surface area contributed by atoms with Crippen molar-refractivity contribution in [2.45, 2.75) is 25.4 Å². The molecule has 0 fully saturated rings. The van der Waals surface area contributed by atoms with Gasteiger partial charge in [0.1, 0.15) is 0 Å². The third-order valence-electron chi connectivity index (χ3n) is 2.89. The molecule has 1 aliphatic heterocycles. The summed E-state index contributed by atoms with van der Waals surface area (Å²) >= 11 is 5.62. The molecule has 1 heterocycles. The van der Waals surface area contributed by atoms with E-state index in [4.69, 9.17) is 16.3 Å². The van der Waals surface area contributed by atoms with E-state index in [0.717, 1.165) is 25.9 Å². The Morgan fingerprint density at radius 2 is 2.19 bits per heavy atom. The van der Waals surface area contributed by atoms with Crippen molar-refractivity contribution in [1.82, 2.24) is 0 Å². The number of ether oxygens (including phenoxy) is 1. The van der Waals surface area contributed by atoms with Gasteiger partial charge in [0.2, 0.25) is 0 Å². The number of allylic oxidation sites excluding steroid dienone is 1. The van der Waals surface area contributed by atoms with Crippen LogP contribution in [0.15, 0.2) is 36.4 Å². The van der Waals surface area contributed by atoms with Crippen molar-refractivity contribution in [3.63, 3.8) is 0 Å². The zero-order valence-electron chi connectivity index (χ0n) is 9.36. The number of rotatable bonds is 4. The Morgan fingerprint density at radius 3 is 3.06 bits per heavy atom. The van der Waals surface area contributed by atoms with Gasteiger partial charge in [-0.3, -0.25) is 0 Å². The minimum absolute atomic E-state index is 0.233. The first kappa shape index (κ1) is 11.7. The van der Waals surface area contributed by atoms with Crippen LogP contribution in [0, 0.1) is 0 Å². The summed E-state index contributed by atoms with van der Waals surface area (Å²) < 4.78 is 5.80. The van der Waals surface area contributed by atoms with Crippen LogP contribution in [0.4, 0.5) is 0 Å². The molecule has 0 aromatic heterocycles. The van der Waals surface area contributed by atoms with E-state index < -0.39 is 0 Å². The van der Waals surface area contributed by atoms with Gasteiger partial charge in [0.05, 0.1) is 12.7 Å². The Bertz CT molecular complexity index is 360. The molecule has 16 heavy (non-hydrogen) atoms. The fourth-order valence-corrected chi connectivity index (χ4v) is 2.20. The molecule has 0 N–H and O–H groups in total. The normalized spacial score (nSPS) is 19.9. The van der Waals surface area contributed by atoms with Crippen LogP contribution in [0.1, 0.15) is 30.1 Å². The van der Waals surface area contributed by atoms with Crippen LogP contribution >= 0.6 is 11.6 Å². The summed E-state index contributed by atoms with van der Waals surface area (Å²) in [4.78, 5) is 0. The Hall–Kier alpha value is -0.790. The van der Waals surface area contributed by atoms with Crippen LogP contribution < -0.4 is 0 Å². The van der Waals surface area contributed by atoms with Gasteiger partial charge in [0, 0.05) is 5.88 Å². The second-order valence-electron chi connectivity index (χ2n) is 3.99. The maximum absolute atomic E-state index is 5.80. The van der Waals surface area contributed by atoms with Crippen molar-refractivity contribution in [3.8, 4) is 0 Å². The van der Waals surface area contributed by atoms with Crippen molar-refractivity contribution in [2.24, 2.45) is 0 Å². The molecule has 1 aliphatic rings. The summed E-state index contributed by atoms with van der Waals surface area (Å²) in [7, 11) is 0. The molecule has 86 valence electrons. The number of hydrogen-bond donors (Lipinski definition) is 0. The van der Waals surface area contributed by atoms with Crippen molar-refractivity contribution in [2.75, 3.05) is 12.5 Å². The average molecular weight is 237 g/mol. The Kier molecular flexibility index (Phi) is 4.44. The van der Waals surface area contributed by atoms with Gasteiger partial charge >= 0.3 is 0 Å². The van der Waals surface area contributed by atoms with E-state index in [0.29, 0.717) is 5.88 Å². The van der Waals surface area contributed by atoms with E-state index in [1.165, 1.54) is 11.1 Å². The first-order valence-corrected chi connectivity index (χ1v) is 6.35. The molecule has 1 unspecified atom stereocenters. The Balaban J connectivity index is 2.01. The summed E-state index contributed by atoms with van der Waals surface area (Å²) in [5.74, 6) is 0.693. The summed E-state index contributed by atoms with van der Waals surface area (Å²) in [6, 6.07) is 8.56. The molecule has 0 saturated carbocycles. The molecule has 1 aromatic rings. The van der Waals surface area contributed by atoms with Crippen LogP contribution in [-0.4, -0.2) is 12.5 Å². The topological polar surface area (TPSA) is 9.23 Å². The molecule has 1 aromatic carbocycles. The van der Waals surface area contributed by atoms with Crippen molar-refractivity contribution in [1.29, 1.82) is 0 Å². The number of hydrogen-bond acceptors (Lipinski definition) is 1. The summed E-state index contributed by atoms with van der Waals surface area (Å²) in [5, 5.41) is 0. The van der Waals surface area contributed by atoms with E-state index in [1.54, 1.807) is 0 Å². The monoisotopic (exact) mass is 236 g/mol. The fourth-order valence-electron chi connectivity index (χ4n) is 2.07. The first-order chi connectivity index (χ1) is 7.92. The lowest BCUT2D eigenvalue weighted by molar-refractivity contribution is 0.0445. The second-order valence-corrected chi connectivity index (χ2v) is 4.37. The van der Waals surface area contributed by atoms with E-state index in [9.17, 15) is 0 Å². The smallest absolute Gasteiger partial charge is 0.0862 e. The lowest BCUT2D eigenvalue weighted by Gasteiger charge is -2.25. The number of fused-ring (bicyclic) bond motifs is 1. The van der Waals surface area contributed by atoms with E-state index in [-0.39, 0.29) is 6.10 Å². The standard InChI is InChI=1S/C14H17ClO/c15-10-5-1-2-8-14-13-7-4-3-6-12(13)9-11-16-14/h1-4,6-7,14H,5,8-11H2. The van der Waals surface area contributed by atoms with Crippen LogP contribution in [0.25, 0.3) is 0 Å². The zero-order valence-corrected chi connectivity index (χ0v) is 10.1. The van der Waals surface area contributed by atoms with Gasteiger partial charge in [0.15, 0.2) is 0 Å². The van der Waals surface area contributed by atoms with Gasteiger partial charge < -0.3 is 4.74 Å². The van der Waals surface area contributed by atoms with E-state index in [1.807, 2.05) is 0 Å². The highest BCUT2D eigenvalue weighted by Gasteiger charge is 2.18. The third-order valence-corrected chi connectivity index (χ3v) is 3.10.